The van der Waals surface area contributed by atoms with Crippen LogP contribution in [-0.4, -0.2) is 23.4 Å². The molecule has 1 heterocycles. The van der Waals surface area contributed by atoms with Gasteiger partial charge in [-0.15, -0.1) is 0 Å². The molecule has 1 aromatic heterocycles. The molecule has 1 aromatic rings. The van der Waals surface area contributed by atoms with Gasteiger partial charge in [-0.1, -0.05) is 5.16 Å². The van der Waals surface area contributed by atoms with Crippen molar-refractivity contribution in [2.75, 3.05) is 13.2 Å². The van der Waals surface area contributed by atoms with Crippen molar-refractivity contribution in [3.05, 3.63) is 17.5 Å². The normalized spacial score (nSPS) is 12.0. The highest BCUT2D eigenvalue weighted by Gasteiger charge is 2.35. The Bertz CT molecular complexity index is 298. The second-order valence-electron chi connectivity index (χ2n) is 2.93. The second-order valence-corrected chi connectivity index (χ2v) is 2.93. The van der Waals surface area contributed by atoms with Crippen LogP contribution in [0.15, 0.2) is 10.6 Å². The minimum atomic E-state index is -4.49. The number of halogens is 3. The first-order chi connectivity index (χ1) is 7.04. The van der Waals surface area contributed by atoms with Crippen LogP contribution in [0.1, 0.15) is 17.9 Å². The molecule has 4 nitrogen and oxygen atoms in total. The topological polar surface area (TPSA) is 58.3 Å². The number of alkyl halides is 3. The van der Waals surface area contributed by atoms with E-state index in [9.17, 15) is 13.2 Å². The maximum Gasteiger partial charge on any atom is 0.452 e. The first-order valence-electron chi connectivity index (χ1n) is 4.38. The fourth-order valence-corrected chi connectivity index (χ4v) is 0.949. The highest BCUT2D eigenvalue weighted by molar-refractivity contribution is 5.07. The van der Waals surface area contributed by atoms with Crippen LogP contribution in [0.25, 0.3) is 0 Å². The number of aromatic nitrogens is 1. The molecule has 15 heavy (non-hydrogen) atoms. The first kappa shape index (κ1) is 12.0. The zero-order valence-electron chi connectivity index (χ0n) is 7.84. The molecule has 1 rings (SSSR count). The molecular weight excluding hydrogens is 213 g/mol. The Kier molecular flexibility index (Phi) is 4.10. The van der Waals surface area contributed by atoms with Crippen LogP contribution < -0.4 is 5.32 Å². The third kappa shape index (κ3) is 3.88. The number of nitrogens with one attached hydrogen (secondary N) is 1. The Balaban J connectivity index is 2.40. The molecule has 0 radical (unpaired) electrons. The highest BCUT2D eigenvalue weighted by atomic mass is 19.4. The number of aliphatic hydroxyl groups is 1. The summed E-state index contributed by atoms with van der Waals surface area (Å²) in [5.41, 5.74) is 0.195. The van der Waals surface area contributed by atoms with Crippen LogP contribution in [0.4, 0.5) is 13.2 Å². The summed E-state index contributed by atoms with van der Waals surface area (Å²) in [6.07, 6.45) is -3.94. The lowest BCUT2D eigenvalue weighted by atomic mass is 10.3. The summed E-state index contributed by atoms with van der Waals surface area (Å²) < 4.78 is 40.3. The van der Waals surface area contributed by atoms with Gasteiger partial charge in [0.25, 0.3) is 0 Å². The summed E-state index contributed by atoms with van der Waals surface area (Å²) in [7, 11) is 0. The van der Waals surface area contributed by atoms with Gasteiger partial charge in [-0.25, -0.2) is 0 Å². The maximum atomic E-state index is 12.1. The number of rotatable bonds is 5. The van der Waals surface area contributed by atoms with Crippen LogP contribution in [-0.2, 0) is 12.7 Å². The molecule has 0 unspecified atom stereocenters. The van der Waals surface area contributed by atoms with Gasteiger partial charge in [0, 0.05) is 19.2 Å². The summed E-state index contributed by atoms with van der Waals surface area (Å²) in [5, 5.41) is 14.5. The van der Waals surface area contributed by atoms with Crippen molar-refractivity contribution >= 4 is 0 Å². The van der Waals surface area contributed by atoms with Crippen molar-refractivity contribution < 1.29 is 22.8 Å². The fourth-order valence-electron chi connectivity index (χ4n) is 0.949. The Morgan fingerprint density at radius 2 is 2.20 bits per heavy atom. The smallest absolute Gasteiger partial charge is 0.396 e. The summed E-state index contributed by atoms with van der Waals surface area (Å²) in [6, 6.07) is 0.853. The van der Waals surface area contributed by atoms with Crippen LogP contribution in [0.5, 0.6) is 0 Å². The Morgan fingerprint density at radius 1 is 1.47 bits per heavy atom. The zero-order valence-corrected chi connectivity index (χ0v) is 7.84. The fraction of sp³-hybridized carbons (Fsp3) is 0.625. The molecule has 0 saturated carbocycles. The SMILES string of the molecule is OCCCNCc1cc(C(F)(F)F)on1. The van der Waals surface area contributed by atoms with Crippen LogP contribution in [0, 0.1) is 0 Å². The average Bonchev–Trinajstić information content (AvgIpc) is 2.60. The highest BCUT2D eigenvalue weighted by Crippen LogP contribution is 2.29. The largest absolute Gasteiger partial charge is 0.452 e. The molecule has 0 aliphatic rings. The van der Waals surface area contributed by atoms with E-state index in [4.69, 9.17) is 5.11 Å². The molecule has 0 saturated heterocycles. The van der Waals surface area contributed by atoms with E-state index in [1.54, 1.807) is 0 Å². The van der Waals surface area contributed by atoms with Gasteiger partial charge in [-0.2, -0.15) is 13.2 Å². The molecule has 0 aliphatic carbocycles. The van der Waals surface area contributed by atoms with E-state index in [-0.39, 0.29) is 18.8 Å². The van der Waals surface area contributed by atoms with E-state index in [1.165, 1.54) is 0 Å². The quantitative estimate of drug-likeness (QED) is 0.737. The van der Waals surface area contributed by atoms with Gasteiger partial charge in [0.15, 0.2) is 0 Å². The Hall–Kier alpha value is -1.08. The van der Waals surface area contributed by atoms with E-state index in [0.717, 1.165) is 6.07 Å². The molecule has 0 atom stereocenters. The Labute approximate surface area is 84.1 Å². The van der Waals surface area contributed by atoms with Crippen LogP contribution in [0.2, 0.25) is 0 Å². The number of hydrogen-bond donors (Lipinski definition) is 2. The molecule has 0 amide bonds. The maximum absolute atomic E-state index is 12.1. The molecule has 7 heteroatoms. The first-order valence-corrected chi connectivity index (χ1v) is 4.38. The van der Waals surface area contributed by atoms with Crippen molar-refractivity contribution in [2.24, 2.45) is 0 Å². The van der Waals surface area contributed by atoms with Crippen molar-refractivity contribution in [3.63, 3.8) is 0 Å². The summed E-state index contributed by atoms with van der Waals surface area (Å²) in [4.78, 5) is 0. The number of hydrogen-bond acceptors (Lipinski definition) is 4. The van der Waals surface area contributed by atoms with Crippen molar-refractivity contribution in [1.29, 1.82) is 0 Å². The summed E-state index contributed by atoms with van der Waals surface area (Å²) >= 11 is 0. The van der Waals surface area contributed by atoms with Gasteiger partial charge in [-0.05, 0) is 13.0 Å². The van der Waals surface area contributed by atoms with Crippen molar-refractivity contribution in [1.82, 2.24) is 10.5 Å². The van der Waals surface area contributed by atoms with Gasteiger partial charge < -0.3 is 14.9 Å². The predicted molar refractivity (Wildman–Crippen MR) is 44.9 cm³/mol. The number of aliphatic hydroxyl groups excluding tert-OH is 1. The van der Waals surface area contributed by atoms with E-state index >= 15 is 0 Å². The van der Waals surface area contributed by atoms with Crippen molar-refractivity contribution in [2.45, 2.75) is 19.1 Å². The third-order valence-electron chi connectivity index (χ3n) is 1.66. The average molecular weight is 224 g/mol. The van der Waals surface area contributed by atoms with Gasteiger partial charge in [0.05, 0.1) is 5.69 Å². The van der Waals surface area contributed by atoms with E-state index < -0.39 is 11.9 Å². The molecule has 0 aromatic carbocycles. The molecule has 2 N–H and O–H groups in total. The van der Waals surface area contributed by atoms with Gasteiger partial charge in [0.1, 0.15) is 0 Å². The monoisotopic (exact) mass is 224 g/mol. The van der Waals surface area contributed by atoms with Gasteiger partial charge >= 0.3 is 6.18 Å². The minimum absolute atomic E-state index is 0.0413. The van der Waals surface area contributed by atoms with Crippen LogP contribution >= 0.6 is 0 Å². The lowest BCUT2D eigenvalue weighted by Crippen LogP contribution is -2.15. The van der Waals surface area contributed by atoms with E-state index in [2.05, 4.69) is 15.0 Å². The predicted octanol–water partition coefficient (Wildman–Crippen LogP) is 1.17. The molecule has 0 bridgehead atoms. The van der Waals surface area contributed by atoms with E-state index in [1.807, 2.05) is 0 Å². The zero-order chi connectivity index (χ0) is 11.3. The van der Waals surface area contributed by atoms with Gasteiger partial charge in [0.2, 0.25) is 5.76 Å². The number of nitrogens with zero attached hydrogens (tertiary/aromatic N) is 1. The summed E-state index contributed by atoms with van der Waals surface area (Å²) in [5.74, 6) is -1.10. The second kappa shape index (κ2) is 5.13. The van der Waals surface area contributed by atoms with E-state index in [0.29, 0.717) is 13.0 Å². The lowest BCUT2D eigenvalue weighted by Gasteiger charge is -1.99. The minimum Gasteiger partial charge on any atom is -0.396 e. The Morgan fingerprint density at radius 3 is 2.73 bits per heavy atom. The molecule has 86 valence electrons. The standard InChI is InChI=1S/C8H11F3N2O2/c9-8(10,11)7-4-6(13-15-7)5-12-2-1-3-14/h4,12,14H,1-3,5H2. The van der Waals surface area contributed by atoms with Crippen LogP contribution in [0.3, 0.4) is 0 Å². The lowest BCUT2D eigenvalue weighted by molar-refractivity contribution is -0.155. The molecular formula is C8H11F3N2O2. The van der Waals surface area contributed by atoms with Gasteiger partial charge in [-0.3, -0.25) is 0 Å². The molecule has 0 fully saturated rings. The molecule has 0 spiro atoms. The van der Waals surface area contributed by atoms with Crippen molar-refractivity contribution in [3.8, 4) is 0 Å². The third-order valence-corrected chi connectivity index (χ3v) is 1.66. The summed E-state index contributed by atoms with van der Waals surface area (Å²) in [6.45, 7) is 0.754. The molecule has 0 aliphatic heterocycles.